The van der Waals surface area contributed by atoms with Crippen LogP contribution in [0.2, 0.25) is 0 Å². The Kier molecular flexibility index (Phi) is 4.33. The van der Waals surface area contributed by atoms with Gasteiger partial charge >= 0.3 is 0 Å². The summed E-state index contributed by atoms with van der Waals surface area (Å²) in [5, 5.41) is 11.3. The second-order valence-corrected chi connectivity index (χ2v) is 4.53. The minimum atomic E-state index is -0.279. The zero-order valence-corrected chi connectivity index (χ0v) is 11.3. The lowest BCUT2D eigenvalue weighted by molar-refractivity contribution is -0.124. The van der Waals surface area contributed by atoms with Gasteiger partial charge in [0.1, 0.15) is 6.04 Å². The molecular formula is C13H19N5O. The summed E-state index contributed by atoms with van der Waals surface area (Å²) in [5.74, 6) is -0.0106. The van der Waals surface area contributed by atoms with Crippen LogP contribution in [0.1, 0.15) is 25.1 Å². The topological polar surface area (TPSA) is 64.7 Å². The van der Waals surface area contributed by atoms with E-state index < -0.39 is 0 Å². The SMILES string of the molecule is Cc1ccn(C(C)C(=O)NCCCn2cccn2)n1. The van der Waals surface area contributed by atoms with Crippen molar-refractivity contribution in [3.63, 3.8) is 0 Å². The summed E-state index contributed by atoms with van der Waals surface area (Å²) in [6.45, 7) is 5.20. The highest BCUT2D eigenvalue weighted by Gasteiger charge is 2.14. The molecule has 1 unspecified atom stereocenters. The lowest BCUT2D eigenvalue weighted by Gasteiger charge is -2.12. The van der Waals surface area contributed by atoms with Crippen LogP contribution in [0.4, 0.5) is 0 Å². The Morgan fingerprint density at radius 1 is 1.47 bits per heavy atom. The molecule has 0 bridgehead atoms. The van der Waals surface area contributed by atoms with E-state index in [1.54, 1.807) is 10.9 Å². The van der Waals surface area contributed by atoms with Crippen molar-refractivity contribution in [3.8, 4) is 0 Å². The van der Waals surface area contributed by atoms with Gasteiger partial charge in [0, 0.05) is 31.7 Å². The van der Waals surface area contributed by atoms with Gasteiger partial charge in [0.15, 0.2) is 0 Å². The first-order valence-corrected chi connectivity index (χ1v) is 6.44. The van der Waals surface area contributed by atoms with Crippen molar-refractivity contribution in [3.05, 3.63) is 36.4 Å². The second kappa shape index (κ2) is 6.17. The van der Waals surface area contributed by atoms with Gasteiger partial charge in [-0.1, -0.05) is 0 Å². The van der Waals surface area contributed by atoms with Crippen molar-refractivity contribution in [2.75, 3.05) is 6.54 Å². The molecule has 0 fully saturated rings. The summed E-state index contributed by atoms with van der Waals surface area (Å²) >= 11 is 0. The molecule has 0 saturated carbocycles. The molecule has 1 amide bonds. The Labute approximate surface area is 112 Å². The first-order chi connectivity index (χ1) is 9.16. The molecule has 6 nitrogen and oxygen atoms in total. The van der Waals surface area contributed by atoms with Gasteiger partial charge in [-0.25, -0.2) is 0 Å². The highest BCUT2D eigenvalue weighted by atomic mass is 16.2. The number of aromatic nitrogens is 4. The molecule has 0 aliphatic carbocycles. The van der Waals surface area contributed by atoms with E-state index in [0.29, 0.717) is 6.54 Å². The maximum atomic E-state index is 11.9. The molecule has 0 radical (unpaired) electrons. The van der Waals surface area contributed by atoms with E-state index in [1.807, 2.05) is 43.1 Å². The Bertz CT molecular complexity index is 517. The molecule has 0 aliphatic rings. The Morgan fingerprint density at radius 2 is 2.32 bits per heavy atom. The van der Waals surface area contributed by atoms with Crippen molar-refractivity contribution in [1.29, 1.82) is 0 Å². The first kappa shape index (κ1) is 13.3. The number of amides is 1. The lowest BCUT2D eigenvalue weighted by atomic mass is 10.3. The van der Waals surface area contributed by atoms with Crippen molar-refractivity contribution >= 4 is 5.91 Å². The van der Waals surface area contributed by atoms with Gasteiger partial charge < -0.3 is 5.32 Å². The number of rotatable bonds is 6. The van der Waals surface area contributed by atoms with Crippen molar-refractivity contribution in [2.24, 2.45) is 0 Å². The third kappa shape index (κ3) is 3.67. The van der Waals surface area contributed by atoms with Gasteiger partial charge in [0.05, 0.1) is 5.69 Å². The fourth-order valence-electron chi connectivity index (χ4n) is 1.80. The van der Waals surface area contributed by atoms with Crippen molar-refractivity contribution < 1.29 is 4.79 Å². The number of hydrogen-bond donors (Lipinski definition) is 1. The smallest absolute Gasteiger partial charge is 0.244 e. The molecule has 0 spiro atoms. The average Bonchev–Trinajstić information content (AvgIpc) is 3.04. The molecule has 2 rings (SSSR count). The van der Waals surface area contributed by atoms with Gasteiger partial charge in [-0.05, 0) is 32.4 Å². The number of aryl methyl sites for hydroxylation is 2. The third-order valence-electron chi connectivity index (χ3n) is 2.94. The van der Waals surface area contributed by atoms with E-state index in [1.165, 1.54) is 0 Å². The average molecular weight is 261 g/mol. The summed E-state index contributed by atoms with van der Waals surface area (Å²) in [6, 6.07) is 3.50. The Balaban J connectivity index is 1.72. The predicted octanol–water partition coefficient (Wildman–Crippen LogP) is 1.16. The number of carbonyl (C=O) groups is 1. The van der Waals surface area contributed by atoms with Gasteiger partial charge in [-0.2, -0.15) is 10.2 Å². The summed E-state index contributed by atoms with van der Waals surface area (Å²) in [7, 11) is 0. The predicted molar refractivity (Wildman–Crippen MR) is 71.5 cm³/mol. The van der Waals surface area contributed by atoms with Gasteiger partial charge in [-0.3, -0.25) is 14.2 Å². The van der Waals surface area contributed by atoms with Crippen LogP contribution in [0.5, 0.6) is 0 Å². The maximum Gasteiger partial charge on any atom is 0.244 e. The molecule has 19 heavy (non-hydrogen) atoms. The van der Waals surface area contributed by atoms with E-state index >= 15 is 0 Å². The molecular weight excluding hydrogens is 242 g/mol. The fraction of sp³-hybridized carbons (Fsp3) is 0.462. The van der Waals surface area contributed by atoms with E-state index in [9.17, 15) is 4.79 Å². The molecule has 0 aliphatic heterocycles. The summed E-state index contributed by atoms with van der Waals surface area (Å²) in [5.41, 5.74) is 0.915. The summed E-state index contributed by atoms with van der Waals surface area (Å²) < 4.78 is 3.53. The number of hydrogen-bond acceptors (Lipinski definition) is 3. The molecule has 1 atom stereocenters. The number of nitrogens with zero attached hydrogens (tertiary/aromatic N) is 4. The van der Waals surface area contributed by atoms with Crippen molar-refractivity contribution in [1.82, 2.24) is 24.9 Å². The van der Waals surface area contributed by atoms with Crippen molar-refractivity contribution in [2.45, 2.75) is 32.9 Å². The van der Waals surface area contributed by atoms with Crippen LogP contribution in [0.25, 0.3) is 0 Å². The highest BCUT2D eigenvalue weighted by molar-refractivity contribution is 5.79. The highest BCUT2D eigenvalue weighted by Crippen LogP contribution is 2.05. The molecule has 102 valence electrons. The van der Waals surface area contributed by atoms with E-state index in [0.717, 1.165) is 18.7 Å². The van der Waals surface area contributed by atoms with Crippen LogP contribution < -0.4 is 5.32 Å². The monoisotopic (exact) mass is 261 g/mol. The number of nitrogens with one attached hydrogen (secondary N) is 1. The van der Waals surface area contributed by atoms with Crippen LogP contribution in [0.15, 0.2) is 30.7 Å². The maximum absolute atomic E-state index is 11.9. The van der Waals surface area contributed by atoms with Gasteiger partial charge in [0.2, 0.25) is 5.91 Å². The molecule has 2 heterocycles. The largest absolute Gasteiger partial charge is 0.354 e. The Hall–Kier alpha value is -2.11. The summed E-state index contributed by atoms with van der Waals surface area (Å²) in [4.78, 5) is 11.9. The lowest BCUT2D eigenvalue weighted by Crippen LogP contribution is -2.32. The Morgan fingerprint density at radius 3 is 2.95 bits per heavy atom. The van der Waals surface area contributed by atoms with Crippen LogP contribution in [-0.2, 0) is 11.3 Å². The minimum absolute atomic E-state index is 0.0106. The molecule has 1 N–H and O–H groups in total. The van der Waals surface area contributed by atoms with Crippen LogP contribution in [0.3, 0.4) is 0 Å². The quantitative estimate of drug-likeness (QED) is 0.793. The molecule has 2 aromatic rings. The number of carbonyl (C=O) groups excluding carboxylic acids is 1. The zero-order chi connectivity index (χ0) is 13.7. The van der Waals surface area contributed by atoms with E-state index in [4.69, 9.17) is 0 Å². The van der Waals surface area contributed by atoms with Gasteiger partial charge in [-0.15, -0.1) is 0 Å². The first-order valence-electron chi connectivity index (χ1n) is 6.44. The molecule has 6 heteroatoms. The van der Waals surface area contributed by atoms with Crippen LogP contribution >= 0.6 is 0 Å². The zero-order valence-electron chi connectivity index (χ0n) is 11.3. The standard InChI is InChI=1S/C13H19N5O/c1-11-5-10-18(16-11)12(2)13(19)14-6-3-8-17-9-4-7-15-17/h4-5,7,9-10,12H,3,6,8H2,1-2H3,(H,14,19). The van der Waals surface area contributed by atoms with Crippen LogP contribution in [0, 0.1) is 6.92 Å². The normalized spacial score (nSPS) is 12.3. The fourth-order valence-corrected chi connectivity index (χ4v) is 1.80. The van der Waals surface area contributed by atoms with E-state index in [2.05, 4.69) is 15.5 Å². The van der Waals surface area contributed by atoms with Crippen LogP contribution in [-0.4, -0.2) is 32.0 Å². The summed E-state index contributed by atoms with van der Waals surface area (Å²) in [6.07, 6.45) is 6.35. The third-order valence-corrected chi connectivity index (χ3v) is 2.94. The second-order valence-electron chi connectivity index (χ2n) is 4.53. The molecule has 0 aromatic carbocycles. The minimum Gasteiger partial charge on any atom is -0.354 e. The van der Waals surface area contributed by atoms with E-state index in [-0.39, 0.29) is 11.9 Å². The molecule has 2 aromatic heterocycles. The molecule has 0 saturated heterocycles. The van der Waals surface area contributed by atoms with Gasteiger partial charge in [0.25, 0.3) is 0 Å².